The molecule has 1 N–H and O–H groups in total. The number of hydrogen-bond acceptors (Lipinski definition) is 3. The standard InChI is InChI=1S/C9H9NOS/c10-7-12-6-9(11)8-4-2-1-3-5-8/h1-5,9,11H,6H2. The Morgan fingerprint density at radius 3 is 2.67 bits per heavy atom. The molecule has 3 heteroatoms. The van der Waals surface area contributed by atoms with E-state index in [1.807, 2.05) is 35.7 Å². The van der Waals surface area contributed by atoms with Crippen LogP contribution in [0.5, 0.6) is 0 Å². The van der Waals surface area contributed by atoms with Crippen LogP contribution in [0.25, 0.3) is 0 Å². The Labute approximate surface area is 75.8 Å². The Bertz CT molecular complexity index is 268. The molecule has 0 saturated heterocycles. The summed E-state index contributed by atoms with van der Waals surface area (Å²) in [6.07, 6.45) is -0.532. The van der Waals surface area contributed by atoms with Gasteiger partial charge in [-0.1, -0.05) is 30.3 Å². The van der Waals surface area contributed by atoms with Crippen LogP contribution >= 0.6 is 11.8 Å². The number of thiocyanates is 1. The maximum absolute atomic E-state index is 9.48. The SMILES string of the molecule is N#CSCC(O)c1ccccc1. The Balaban J connectivity index is 2.55. The highest BCUT2D eigenvalue weighted by molar-refractivity contribution is 8.03. The Morgan fingerprint density at radius 2 is 2.08 bits per heavy atom. The normalized spacial score (nSPS) is 12.0. The monoisotopic (exact) mass is 179 g/mol. The van der Waals surface area contributed by atoms with Gasteiger partial charge in [-0.15, -0.1) is 0 Å². The molecule has 0 saturated carbocycles. The van der Waals surface area contributed by atoms with Crippen molar-refractivity contribution in [3.05, 3.63) is 35.9 Å². The molecule has 0 amide bonds. The highest BCUT2D eigenvalue weighted by Crippen LogP contribution is 2.16. The maximum atomic E-state index is 9.48. The van der Waals surface area contributed by atoms with Crippen LogP contribution in [0.15, 0.2) is 30.3 Å². The lowest BCUT2D eigenvalue weighted by Gasteiger charge is -2.06. The average molecular weight is 179 g/mol. The largest absolute Gasteiger partial charge is 0.388 e. The Hall–Kier alpha value is -0.980. The van der Waals surface area contributed by atoms with Crippen LogP contribution in [0.2, 0.25) is 0 Å². The van der Waals surface area contributed by atoms with E-state index in [0.717, 1.165) is 17.3 Å². The van der Waals surface area contributed by atoms with Gasteiger partial charge in [0, 0.05) is 5.75 Å². The minimum absolute atomic E-state index is 0.431. The second-order valence-corrected chi connectivity index (χ2v) is 3.13. The van der Waals surface area contributed by atoms with Gasteiger partial charge in [0.25, 0.3) is 0 Å². The summed E-state index contributed by atoms with van der Waals surface area (Å²) in [5, 5.41) is 19.7. The summed E-state index contributed by atoms with van der Waals surface area (Å²) in [4.78, 5) is 0. The number of aliphatic hydroxyl groups excluding tert-OH is 1. The van der Waals surface area contributed by atoms with Crippen LogP contribution < -0.4 is 0 Å². The van der Waals surface area contributed by atoms with Crippen LogP contribution in [0, 0.1) is 10.7 Å². The van der Waals surface area contributed by atoms with E-state index in [9.17, 15) is 5.11 Å². The van der Waals surface area contributed by atoms with Crippen LogP contribution in [0.4, 0.5) is 0 Å². The second-order valence-electron chi connectivity index (χ2n) is 2.33. The zero-order valence-electron chi connectivity index (χ0n) is 6.47. The number of rotatable bonds is 3. The van der Waals surface area contributed by atoms with Gasteiger partial charge in [0.05, 0.1) is 6.10 Å². The Morgan fingerprint density at radius 1 is 1.42 bits per heavy atom. The summed E-state index contributed by atoms with van der Waals surface area (Å²) >= 11 is 1.07. The van der Waals surface area contributed by atoms with E-state index in [1.54, 1.807) is 0 Å². The third-order valence-corrected chi connectivity index (χ3v) is 2.10. The highest BCUT2D eigenvalue weighted by Gasteiger charge is 2.05. The van der Waals surface area contributed by atoms with Crippen molar-refractivity contribution in [1.29, 1.82) is 5.26 Å². The van der Waals surface area contributed by atoms with E-state index in [4.69, 9.17) is 5.26 Å². The molecule has 2 nitrogen and oxygen atoms in total. The molecular formula is C9H9NOS. The summed E-state index contributed by atoms with van der Waals surface area (Å²) in [7, 11) is 0. The molecule has 0 spiro atoms. The lowest BCUT2D eigenvalue weighted by molar-refractivity contribution is 0.204. The number of hydrogen-bond donors (Lipinski definition) is 1. The quantitative estimate of drug-likeness (QED) is 0.721. The van der Waals surface area contributed by atoms with Gasteiger partial charge in [-0.25, -0.2) is 0 Å². The minimum Gasteiger partial charge on any atom is -0.388 e. The van der Waals surface area contributed by atoms with Crippen molar-refractivity contribution < 1.29 is 5.11 Å². The predicted octanol–water partition coefficient (Wildman–Crippen LogP) is 1.93. The number of nitrogens with zero attached hydrogens (tertiary/aromatic N) is 1. The number of nitriles is 1. The van der Waals surface area contributed by atoms with Crippen LogP contribution in [-0.2, 0) is 0 Å². The van der Waals surface area contributed by atoms with Gasteiger partial charge in [0.1, 0.15) is 5.40 Å². The molecule has 1 aromatic rings. The summed E-state index contributed by atoms with van der Waals surface area (Å²) in [6.45, 7) is 0. The molecule has 1 atom stereocenters. The number of benzene rings is 1. The predicted molar refractivity (Wildman–Crippen MR) is 49.5 cm³/mol. The smallest absolute Gasteiger partial charge is 0.133 e. The zero-order chi connectivity index (χ0) is 8.81. The zero-order valence-corrected chi connectivity index (χ0v) is 7.29. The second kappa shape index (κ2) is 4.81. The summed E-state index contributed by atoms with van der Waals surface area (Å²) < 4.78 is 0. The fraction of sp³-hybridized carbons (Fsp3) is 0.222. The lowest BCUT2D eigenvalue weighted by Crippen LogP contribution is -1.98. The molecule has 12 heavy (non-hydrogen) atoms. The first-order valence-corrected chi connectivity index (χ1v) is 4.57. The van der Waals surface area contributed by atoms with Crippen LogP contribution in [0.1, 0.15) is 11.7 Å². The summed E-state index contributed by atoms with van der Waals surface area (Å²) in [5.41, 5.74) is 0.861. The van der Waals surface area contributed by atoms with Crippen molar-refractivity contribution in [2.24, 2.45) is 0 Å². The summed E-state index contributed by atoms with van der Waals surface area (Å²) in [6, 6.07) is 9.34. The molecular weight excluding hydrogens is 170 g/mol. The van der Waals surface area contributed by atoms with E-state index >= 15 is 0 Å². The Kier molecular flexibility index (Phi) is 3.65. The van der Waals surface area contributed by atoms with Crippen LogP contribution in [0.3, 0.4) is 0 Å². The van der Waals surface area contributed by atoms with Crippen molar-refractivity contribution in [2.75, 3.05) is 5.75 Å². The van der Waals surface area contributed by atoms with Crippen molar-refractivity contribution in [3.8, 4) is 5.40 Å². The number of thioether (sulfide) groups is 1. The fourth-order valence-electron chi connectivity index (χ4n) is 0.888. The molecule has 0 aliphatic heterocycles. The van der Waals surface area contributed by atoms with Gasteiger partial charge in [-0.2, -0.15) is 5.26 Å². The van der Waals surface area contributed by atoms with Gasteiger partial charge in [-0.3, -0.25) is 0 Å². The fourth-order valence-corrected chi connectivity index (χ4v) is 1.31. The van der Waals surface area contributed by atoms with Crippen LogP contribution in [-0.4, -0.2) is 10.9 Å². The molecule has 0 aliphatic rings. The first-order valence-electron chi connectivity index (χ1n) is 3.58. The van der Waals surface area contributed by atoms with Gasteiger partial charge < -0.3 is 5.11 Å². The average Bonchev–Trinajstić information content (AvgIpc) is 2.15. The lowest BCUT2D eigenvalue weighted by atomic mass is 10.1. The minimum atomic E-state index is -0.532. The molecule has 0 heterocycles. The molecule has 0 radical (unpaired) electrons. The van der Waals surface area contributed by atoms with Crippen molar-refractivity contribution >= 4 is 11.8 Å². The molecule has 1 rings (SSSR count). The topological polar surface area (TPSA) is 44.0 Å². The summed E-state index contributed by atoms with van der Waals surface area (Å²) in [5.74, 6) is 0.431. The molecule has 1 unspecified atom stereocenters. The van der Waals surface area contributed by atoms with E-state index in [1.165, 1.54) is 0 Å². The molecule has 1 aromatic carbocycles. The van der Waals surface area contributed by atoms with E-state index in [2.05, 4.69) is 0 Å². The van der Waals surface area contributed by atoms with Crippen molar-refractivity contribution in [2.45, 2.75) is 6.10 Å². The molecule has 62 valence electrons. The number of aliphatic hydroxyl groups is 1. The molecule has 0 aliphatic carbocycles. The van der Waals surface area contributed by atoms with E-state index in [-0.39, 0.29) is 0 Å². The third kappa shape index (κ3) is 2.57. The van der Waals surface area contributed by atoms with Gasteiger partial charge in [-0.05, 0) is 17.3 Å². The van der Waals surface area contributed by atoms with Gasteiger partial charge >= 0.3 is 0 Å². The molecule has 0 aromatic heterocycles. The van der Waals surface area contributed by atoms with E-state index < -0.39 is 6.10 Å². The molecule has 0 fully saturated rings. The third-order valence-electron chi connectivity index (χ3n) is 1.49. The van der Waals surface area contributed by atoms with Crippen molar-refractivity contribution in [3.63, 3.8) is 0 Å². The maximum Gasteiger partial charge on any atom is 0.133 e. The highest BCUT2D eigenvalue weighted by atomic mass is 32.2. The van der Waals surface area contributed by atoms with Gasteiger partial charge in [0.15, 0.2) is 0 Å². The molecule has 0 bridgehead atoms. The van der Waals surface area contributed by atoms with E-state index in [0.29, 0.717) is 5.75 Å². The van der Waals surface area contributed by atoms with Gasteiger partial charge in [0.2, 0.25) is 0 Å². The van der Waals surface area contributed by atoms with Crippen molar-refractivity contribution in [1.82, 2.24) is 0 Å². The first-order chi connectivity index (χ1) is 5.84. The first kappa shape index (κ1) is 9.11.